The molecule has 2 amide bonds. The summed E-state index contributed by atoms with van der Waals surface area (Å²) in [6.45, 7) is 4.40. The maximum Gasteiger partial charge on any atom is 0.417 e. The SMILES string of the molecule is C=CCOC12Oc3ccc(OC(=O)Nc4ccc(OC)cc4OC)cc3C3C(CCCCO)C(CCCCO)C=C(C(=NOC4CCCCO4)CC1N(CCOCCO)C(=O)C=Cc1ccc([N+](=O)[O-])cc1)C32. The van der Waals surface area contributed by atoms with Crippen LogP contribution in [0.4, 0.5) is 16.2 Å². The minimum atomic E-state index is -1.64. The molecule has 7 unspecified atom stereocenters. The van der Waals surface area contributed by atoms with E-state index in [1.54, 1.807) is 65.6 Å². The highest BCUT2D eigenvalue weighted by molar-refractivity contribution is 6.03. The van der Waals surface area contributed by atoms with Crippen LogP contribution in [-0.2, 0) is 23.8 Å². The number of hydrogen-bond donors (Lipinski definition) is 4. The Morgan fingerprint density at radius 3 is 2.44 bits per heavy atom. The van der Waals surface area contributed by atoms with Gasteiger partial charge in [-0.15, -0.1) is 6.58 Å². The van der Waals surface area contributed by atoms with Gasteiger partial charge in [-0.25, -0.2) is 4.79 Å². The Kier molecular flexibility index (Phi) is 19.8. The molecular weight excluding hydrogens is 945 g/mol. The Morgan fingerprint density at radius 1 is 0.959 bits per heavy atom. The number of benzene rings is 3. The van der Waals surface area contributed by atoms with Crippen LogP contribution >= 0.6 is 0 Å². The zero-order valence-corrected chi connectivity index (χ0v) is 41.6. The van der Waals surface area contributed by atoms with E-state index in [2.05, 4.69) is 18.0 Å². The lowest BCUT2D eigenvalue weighted by Gasteiger charge is -2.60. The van der Waals surface area contributed by atoms with Crippen molar-refractivity contribution in [1.82, 2.24) is 4.90 Å². The van der Waals surface area contributed by atoms with Crippen LogP contribution in [0.15, 0.2) is 96.2 Å². The van der Waals surface area contributed by atoms with Crippen LogP contribution in [0, 0.1) is 27.9 Å². The third kappa shape index (κ3) is 13.3. The number of nitro benzene ring substituents is 1. The number of carbonyl (C=O) groups excluding carboxylic acids is 2. The number of nitrogens with zero attached hydrogens (tertiary/aromatic N) is 3. The van der Waals surface area contributed by atoms with Crippen LogP contribution in [-0.4, -0.2) is 128 Å². The molecule has 1 saturated carbocycles. The Labute approximate surface area is 425 Å². The highest BCUT2D eigenvalue weighted by atomic mass is 16.8. The number of amides is 2. The third-order valence-electron chi connectivity index (χ3n) is 13.8. The number of anilines is 1. The normalized spacial score (nSPS) is 23.6. The van der Waals surface area contributed by atoms with E-state index in [9.17, 15) is 30.2 Å². The van der Waals surface area contributed by atoms with Gasteiger partial charge < -0.3 is 58.2 Å². The number of carbonyl (C=O) groups is 2. The molecule has 1 saturated heterocycles. The predicted octanol–water partition coefficient (Wildman–Crippen LogP) is 7.93. The number of unbranched alkanes of at least 4 members (excludes halogenated alkanes) is 2. The Bertz CT molecular complexity index is 2440. The fraction of sp³-hybridized carbons (Fsp3) is 0.500. The van der Waals surface area contributed by atoms with Gasteiger partial charge in [0.25, 0.3) is 5.69 Å². The van der Waals surface area contributed by atoms with E-state index in [0.717, 1.165) is 30.4 Å². The number of aliphatic hydroxyl groups is 3. The maximum absolute atomic E-state index is 15.0. The Morgan fingerprint density at radius 2 is 1.74 bits per heavy atom. The van der Waals surface area contributed by atoms with Crippen LogP contribution in [0.5, 0.6) is 23.0 Å². The summed E-state index contributed by atoms with van der Waals surface area (Å²) in [5.41, 5.74) is 2.88. The molecule has 0 aromatic heterocycles. The molecule has 2 heterocycles. The van der Waals surface area contributed by atoms with Crippen molar-refractivity contribution in [3.63, 3.8) is 0 Å². The number of nitrogens with one attached hydrogen (secondary N) is 1. The van der Waals surface area contributed by atoms with Crippen LogP contribution in [0.3, 0.4) is 0 Å². The summed E-state index contributed by atoms with van der Waals surface area (Å²) in [6, 6.07) is 15.0. The Hall–Kier alpha value is -6.35. The number of rotatable bonds is 26. The van der Waals surface area contributed by atoms with Gasteiger partial charge in [-0.3, -0.25) is 20.2 Å². The first-order valence-electron chi connectivity index (χ1n) is 25.1. The van der Waals surface area contributed by atoms with Gasteiger partial charge in [-0.1, -0.05) is 30.1 Å². The van der Waals surface area contributed by atoms with Crippen LogP contribution in [0.1, 0.15) is 81.3 Å². The molecule has 0 radical (unpaired) electrons. The summed E-state index contributed by atoms with van der Waals surface area (Å²) < 4.78 is 43.1. The zero-order valence-electron chi connectivity index (χ0n) is 41.6. The van der Waals surface area contributed by atoms with E-state index in [0.29, 0.717) is 79.3 Å². The highest BCUT2D eigenvalue weighted by Gasteiger charge is 2.65. The molecule has 4 N–H and O–H groups in total. The van der Waals surface area contributed by atoms with Crippen molar-refractivity contribution >= 4 is 35.2 Å². The zero-order chi connectivity index (χ0) is 51.7. The van der Waals surface area contributed by atoms with Gasteiger partial charge in [-0.05, 0) is 110 Å². The molecule has 2 aliphatic heterocycles. The molecule has 394 valence electrons. The molecule has 3 aromatic rings. The largest absolute Gasteiger partial charge is 0.497 e. The van der Waals surface area contributed by atoms with Gasteiger partial charge in [0.15, 0.2) is 0 Å². The molecule has 4 aliphatic rings. The lowest BCUT2D eigenvalue weighted by molar-refractivity contribution is -0.384. The molecule has 73 heavy (non-hydrogen) atoms. The molecule has 7 atom stereocenters. The van der Waals surface area contributed by atoms with E-state index in [1.807, 2.05) is 0 Å². The first-order chi connectivity index (χ1) is 35.6. The monoisotopic (exact) mass is 1010 g/mol. The summed E-state index contributed by atoms with van der Waals surface area (Å²) in [4.78, 5) is 47.5. The molecule has 3 aromatic carbocycles. The first-order valence-corrected chi connectivity index (χ1v) is 25.1. The van der Waals surface area contributed by atoms with E-state index in [1.165, 1.54) is 32.4 Å². The fourth-order valence-corrected chi connectivity index (χ4v) is 10.5. The summed E-state index contributed by atoms with van der Waals surface area (Å²) >= 11 is 0. The van der Waals surface area contributed by atoms with Crippen LogP contribution in [0.2, 0.25) is 0 Å². The van der Waals surface area contributed by atoms with E-state index >= 15 is 4.79 Å². The molecule has 19 heteroatoms. The smallest absolute Gasteiger partial charge is 0.417 e. The first kappa shape index (κ1) is 54.4. The van der Waals surface area contributed by atoms with Gasteiger partial charge in [0, 0.05) is 68.4 Å². The molecule has 0 bridgehead atoms. The molecule has 19 nitrogen and oxygen atoms in total. The van der Waals surface area contributed by atoms with Crippen LogP contribution < -0.4 is 24.3 Å². The molecular formula is C54H68N4O15. The number of fused-ring (bicyclic) bond motifs is 2. The van der Waals surface area contributed by atoms with Crippen molar-refractivity contribution in [3.05, 3.63) is 112 Å². The van der Waals surface area contributed by atoms with Crippen molar-refractivity contribution in [3.8, 4) is 23.0 Å². The Balaban J connectivity index is 1.40. The van der Waals surface area contributed by atoms with E-state index in [-0.39, 0.29) is 75.9 Å². The van der Waals surface area contributed by atoms with Gasteiger partial charge in [0.1, 0.15) is 29.0 Å². The van der Waals surface area contributed by atoms with Gasteiger partial charge in [0.05, 0.1) is 69.5 Å². The van der Waals surface area contributed by atoms with E-state index in [4.69, 9.17) is 43.2 Å². The number of allylic oxidation sites excluding steroid dienone is 1. The summed E-state index contributed by atoms with van der Waals surface area (Å²) in [6.07, 6.45) is 11.8. The fourth-order valence-electron chi connectivity index (χ4n) is 10.5. The summed E-state index contributed by atoms with van der Waals surface area (Å²) in [7, 11) is 3.01. The van der Waals surface area contributed by atoms with Crippen LogP contribution in [0.25, 0.3) is 6.08 Å². The number of nitro groups is 1. The number of methoxy groups -OCH3 is 2. The minimum Gasteiger partial charge on any atom is -0.497 e. The molecule has 0 spiro atoms. The quantitative estimate of drug-likeness (QED) is 0.0196. The number of ether oxygens (including phenoxy) is 7. The number of hydrogen-bond acceptors (Lipinski definition) is 16. The third-order valence-corrected chi connectivity index (χ3v) is 13.8. The lowest BCUT2D eigenvalue weighted by atomic mass is 9.55. The summed E-state index contributed by atoms with van der Waals surface area (Å²) in [5, 5.41) is 48.9. The molecule has 7 rings (SSSR count). The lowest BCUT2D eigenvalue weighted by Crippen LogP contribution is -2.70. The van der Waals surface area contributed by atoms with Gasteiger partial charge in [-0.2, -0.15) is 0 Å². The van der Waals surface area contributed by atoms with Crippen molar-refractivity contribution in [2.45, 2.75) is 88.2 Å². The van der Waals surface area contributed by atoms with Crippen molar-refractivity contribution in [2.75, 3.05) is 72.3 Å². The molecule has 2 aliphatic carbocycles. The second-order valence-corrected chi connectivity index (χ2v) is 18.3. The van der Waals surface area contributed by atoms with Crippen molar-refractivity contribution < 1.29 is 67.8 Å². The highest BCUT2D eigenvalue weighted by Crippen LogP contribution is 2.62. The molecule has 2 fully saturated rings. The van der Waals surface area contributed by atoms with Crippen molar-refractivity contribution in [1.29, 1.82) is 0 Å². The topological polar surface area (TPSA) is 239 Å². The average Bonchev–Trinajstić information content (AvgIpc) is 3.40. The second-order valence-electron chi connectivity index (χ2n) is 18.3. The number of oxime groups is 1. The number of non-ortho nitro benzene ring substituents is 1. The minimum absolute atomic E-state index is 0.00246. The van der Waals surface area contributed by atoms with Gasteiger partial charge in [0.2, 0.25) is 18.0 Å². The predicted molar refractivity (Wildman–Crippen MR) is 271 cm³/mol. The maximum atomic E-state index is 15.0. The van der Waals surface area contributed by atoms with Crippen molar-refractivity contribution in [2.24, 2.45) is 22.9 Å². The average molecular weight is 1010 g/mol. The standard InChI is InChI=1S/C54H68N4O15/c1-4-28-70-54-48(57(24-30-68-31-27-61)49(62)23-16-36-14-17-38(18-15-36)58(64)65)35-45(56-73-50-13-7-10-29-69-50)42-32-37(11-5-8-25-59)41(12-6-9-26-60)51(52(42)54)43-33-40(20-22-46(43)72-54)71-53(63)55-44-21-19-39(66-2)34-47(44)67-3/h4,14-23,32-34,37,41,48,50-52,59-61H,1,5-13,24-31,35H2,2-3H3,(H,55,63). The summed E-state index contributed by atoms with van der Waals surface area (Å²) in [5.74, 6) is -1.89. The number of aliphatic hydroxyl groups excluding tert-OH is 3. The van der Waals surface area contributed by atoms with Gasteiger partial charge >= 0.3 is 6.09 Å². The second kappa shape index (κ2) is 26.6. The van der Waals surface area contributed by atoms with E-state index < -0.39 is 46.9 Å².